The molecule has 6 heteroatoms. The molecule has 0 aliphatic carbocycles. The molecule has 0 saturated carbocycles. The quantitative estimate of drug-likeness (QED) is 0.741. The summed E-state index contributed by atoms with van der Waals surface area (Å²) in [5.41, 5.74) is 3.21. The van der Waals surface area contributed by atoms with Crippen LogP contribution >= 0.6 is 0 Å². The van der Waals surface area contributed by atoms with Gasteiger partial charge in [0.05, 0.1) is 17.1 Å². The number of nitrogens with zero attached hydrogens (tertiary/aromatic N) is 4. The van der Waals surface area contributed by atoms with Crippen molar-refractivity contribution in [3.05, 3.63) is 57.8 Å². The Hall–Kier alpha value is -2.47. The summed E-state index contributed by atoms with van der Waals surface area (Å²) >= 11 is 0. The van der Waals surface area contributed by atoms with Crippen LogP contribution in [0.5, 0.6) is 0 Å². The number of fused-ring (bicyclic) bond motifs is 1. The van der Waals surface area contributed by atoms with Gasteiger partial charge >= 0.3 is 0 Å². The minimum Gasteiger partial charge on any atom is -0.361 e. The fourth-order valence-electron chi connectivity index (χ4n) is 3.53. The number of aryl methyl sites for hydroxylation is 2. The van der Waals surface area contributed by atoms with Gasteiger partial charge in [0.1, 0.15) is 17.1 Å². The van der Waals surface area contributed by atoms with E-state index >= 15 is 0 Å². The molecule has 0 bridgehead atoms. The lowest BCUT2D eigenvalue weighted by Gasteiger charge is -2.22. The van der Waals surface area contributed by atoms with Gasteiger partial charge in [0.2, 0.25) is 0 Å². The molecule has 0 unspecified atom stereocenters. The van der Waals surface area contributed by atoms with E-state index < -0.39 is 0 Å². The lowest BCUT2D eigenvalue weighted by molar-refractivity contribution is 0.233. The number of benzene rings is 1. The third-order valence-corrected chi connectivity index (χ3v) is 4.75. The third kappa shape index (κ3) is 2.53. The van der Waals surface area contributed by atoms with Crippen LogP contribution in [0.3, 0.4) is 0 Å². The van der Waals surface area contributed by atoms with E-state index in [0.29, 0.717) is 12.2 Å². The maximum atomic E-state index is 12.7. The average molecular weight is 324 g/mol. The van der Waals surface area contributed by atoms with Crippen LogP contribution in [0.4, 0.5) is 0 Å². The number of likely N-dealkylation sites (tertiary alicyclic amines) is 1. The highest BCUT2D eigenvalue weighted by Crippen LogP contribution is 2.32. The zero-order chi connectivity index (χ0) is 16.7. The Labute approximate surface area is 139 Å². The van der Waals surface area contributed by atoms with E-state index in [4.69, 9.17) is 4.52 Å². The van der Waals surface area contributed by atoms with Crippen molar-refractivity contribution < 1.29 is 4.52 Å². The van der Waals surface area contributed by atoms with E-state index in [2.05, 4.69) is 15.0 Å². The maximum absolute atomic E-state index is 12.7. The van der Waals surface area contributed by atoms with Crippen molar-refractivity contribution in [1.82, 2.24) is 19.6 Å². The highest BCUT2D eigenvalue weighted by Gasteiger charge is 2.29. The summed E-state index contributed by atoms with van der Waals surface area (Å²) in [6.45, 7) is 3.37. The summed E-state index contributed by atoms with van der Waals surface area (Å²) in [6.07, 6.45) is 2.12. The molecule has 3 aromatic rings. The van der Waals surface area contributed by atoms with Gasteiger partial charge in [0.15, 0.2) is 0 Å². The molecule has 0 radical (unpaired) electrons. The summed E-state index contributed by atoms with van der Waals surface area (Å²) in [7, 11) is 1.80. The SMILES string of the molecule is Cc1cc([C@H]2CCCN2Cc2nc3ccccc3n(C)c2=O)no1. The predicted octanol–water partition coefficient (Wildman–Crippen LogP) is 2.57. The Morgan fingerprint density at radius 1 is 1.33 bits per heavy atom. The second kappa shape index (κ2) is 5.87. The first-order valence-electron chi connectivity index (χ1n) is 8.25. The van der Waals surface area contributed by atoms with Crippen LogP contribution in [0, 0.1) is 6.92 Å². The standard InChI is InChI=1S/C18H20N4O2/c1-12-10-14(20-24-12)17-8-5-9-22(17)11-15-18(23)21(2)16-7-4-3-6-13(16)19-15/h3-4,6-7,10,17H,5,8-9,11H2,1-2H3/t17-/m1/s1. The van der Waals surface area contributed by atoms with Crippen LogP contribution in [0.15, 0.2) is 39.6 Å². The highest BCUT2D eigenvalue weighted by atomic mass is 16.5. The molecule has 1 aromatic carbocycles. The van der Waals surface area contributed by atoms with Crippen molar-refractivity contribution in [3.63, 3.8) is 0 Å². The molecule has 0 amide bonds. The van der Waals surface area contributed by atoms with Crippen LogP contribution in [-0.4, -0.2) is 26.2 Å². The van der Waals surface area contributed by atoms with Gasteiger partial charge < -0.3 is 9.09 Å². The summed E-state index contributed by atoms with van der Waals surface area (Å²) in [5, 5.41) is 4.16. The lowest BCUT2D eigenvalue weighted by atomic mass is 10.1. The number of hydrogen-bond acceptors (Lipinski definition) is 5. The van der Waals surface area contributed by atoms with E-state index in [0.717, 1.165) is 41.9 Å². The highest BCUT2D eigenvalue weighted by molar-refractivity contribution is 5.74. The lowest BCUT2D eigenvalue weighted by Crippen LogP contribution is -2.30. The molecular formula is C18H20N4O2. The molecule has 1 atom stereocenters. The molecule has 6 nitrogen and oxygen atoms in total. The summed E-state index contributed by atoms with van der Waals surface area (Å²) in [5.74, 6) is 0.816. The van der Waals surface area contributed by atoms with Crippen molar-refractivity contribution >= 4 is 11.0 Å². The Balaban J connectivity index is 1.68. The van der Waals surface area contributed by atoms with Crippen molar-refractivity contribution in [3.8, 4) is 0 Å². The molecule has 0 N–H and O–H groups in total. The number of aromatic nitrogens is 3. The van der Waals surface area contributed by atoms with Crippen LogP contribution < -0.4 is 5.56 Å². The van der Waals surface area contributed by atoms with E-state index in [1.165, 1.54) is 0 Å². The van der Waals surface area contributed by atoms with E-state index in [1.807, 2.05) is 37.3 Å². The van der Waals surface area contributed by atoms with Gasteiger partial charge in [-0.05, 0) is 38.4 Å². The van der Waals surface area contributed by atoms with Gasteiger partial charge in [-0.3, -0.25) is 9.69 Å². The van der Waals surface area contributed by atoms with E-state index in [9.17, 15) is 4.79 Å². The molecule has 0 spiro atoms. The van der Waals surface area contributed by atoms with E-state index in [1.54, 1.807) is 11.6 Å². The van der Waals surface area contributed by atoms with Gasteiger partial charge in [-0.1, -0.05) is 17.3 Å². The van der Waals surface area contributed by atoms with Gasteiger partial charge in [0, 0.05) is 19.7 Å². The molecule has 1 aliphatic heterocycles. The zero-order valence-electron chi connectivity index (χ0n) is 13.9. The van der Waals surface area contributed by atoms with Crippen LogP contribution in [0.25, 0.3) is 11.0 Å². The fraction of sp³-hybridized carbons (Fsp3) is 0.389. The number of para-hydroxylation sites is 2. The molecule has 124 valence electrons. The Morgan fingerprint density at radius 2 is 2.17 bits per heavy atom. The average Bonchev–Trinajstić information content (AvgIpc) is 3.21. The van der Waals surface area contributed by atoms with Crippen LogP contribution in [0.1, 0.15) is 36.0 Å². The summed E-state index contributed by atoms with van der Waals surface area (Å²) in [4.78, 5) is 19.5. The normalized spacial score (nSPS) is 18.5. The molecule has 4 rings (SSSR count). The Morgan fingerprint density at radius 3 is 2.96 bits per heavy atom. The number of rotatable bonds is 3. The van der Waals surface area contributed by atoms with Gasteiger partial charge in [-0.25, -0.2) is 4.98 Å². The maximum Gasteiger partial charge on any atom is 0.273 e. The van der Waals surface area contributed by atoms with E-state index in [-0.39, 0.29) is 11.6 Å². The first-order chi connectivity index (χ1) is 11.6. The first kappa shape index (κ1) is 15.1. The first-order valence-corrected chi connectivity index (χ1v) is 8.25. The van der Waals surface area contributed by atoms with Crippen molar-refractivity contribution in [2.45, 2.75) is 32.4 Å². The van der Waals surface area contributed by atoms with Crippen molar-refractivity contribution in [2.24, 2.45) is 7.05 Å². The molecule has 1 fully saturated rings. The molecular weight excluding hydrogens is 304 g/mol. The smallest absolute Gasteiger partial charge is 0.273 e. The van der Waals surface area contributed by atoms with Crippen LogP contribution in [0.2, 0.25) is 0 Å². The summed E-state index contributed by atoms with van der Waals surface area (Å²) in [6, 6.07) is 9.91. The molecule has 2 aromatic heterocycles. The second-order valence-electron chi connectivity index (χ2n) is 6.40. The zero-order valence-corrected chi connectivity index (χ0v) is 13.9. The molecule has 1 aliphatic rings. The largest absolute Gasteiger partial charge is 0.361 e. The molecule has 3 heterocycles. The van der Waals surface area contributed by atoms with Gasteiger partial charge in [-0.2, -0.15) is 0 Å². The van der Waals surface area contributed by atoms with Crippen molar-refractivity contribution in [2.75, 3.05) is 6.54 Å². The van der Waals surface area contributed by atoms with Crippen LogP contribution in [-0.2, 0) is 13.6 Å². The number of hydrogen-bond donors (Lipinski definition) is 0. The molecule has 1 saturated heterocycles. The van der Waals surface area contributed by atoms with Gasteiger partial charge in [-0.15, -0.1) is 0 Å². The monoisotopic (exact) mass is 324 g/mol. The minimum absolute atomic E-state index is 0.0318. The Kier molecular flexibility index (Phi) is 3.69. The van der Waals surface area contributed by atoms with Crippen molar-refractivity contribution in [1.29, 1.82) is 0 Å². The summed E-state index contributed by atoms with van der Waals surface area (Å²) < 4.78 is 6.90. The minimum atomic E-state index is -0.0318. The molecule has 24 heavy (non-hydrogen) atoms. The topological polar surface area (TPSA) is 64.2 Å². The third-order valence-electron chi connectivity index (χ3n) is 4.75. The fourth-order valence-corrected chi connectivity index (χ4v) is 3.53. The Bertz CT molecular complexity index is 944. The van der Waals surface area contributed by atoms with Gasteiger partial charge in [0.25, 0.3) is 5.56 Å². The second-order valence-corrected chi connectivity index (χ2v) is 6.40. The predicted molar refractivity (Wildman–Crippen MR) is 90.6 cm³/mol.